The van der Waals surface area contributed by atoms with Crippen LogP contribution in [0.3, 0.4) is 0 Å². The molecular formula is C17H19NO2S. The van der Waals surface area contributed by atoms with Gasteiger partial charge in [0, 0.05) is 12.7 Å². The predicted octanol–water partition coefficient (Wildman–Crippen LogP) is 3.61. The van der Waals surface area contributed by atoms with E-state index < -0.39 is 0 Å². The molecule has 0 saturated heterocycles. The zero-order valence-electron chi connectivity index (χ0n) is 12.3. The lowest BCUT2D eigenvalue weighted by Crippen LogP contribution is -2.10. The van der Waals surface area contributed by atoms with E-state index in [1.165, 1.54) is 5.56 Å². The summed E-state index contributed by atoms with van der Waals surface area (Å²) in [6, 6.07) is 13.7. The number of hydrogen-bond donors (Lipinski definition) is 1. The SMILES string of the molecule is COCCc1ccc(Oc2ccc(C(N)=S)c(C)c2)cc1. The van der Waals surface area contributed by atoms with E-state index in [-0.39, 0.29) is 0 Å². The number of aryl methyl sites for hydroxylation is 1. The molecule has 110 valence electrons. The molecule has 0 heterocycles. The van der Waals surface area contributed by atoms with Crippen LogP contribution in [-0.4, -0.2) is 18.7 Å². The second-order valence-electron chi connectivity index (χ2n) is 4.83. The fraction of sp³-hybridized carbons (Fsp3) is 0.235. The van der Waals surface area contributed by atoms with Crippen molar-refractivity contribution in [2.75, 3.05) is 13.7 Å². The van der Waals surface area contributed by atoms with Crippen LogP contribution in [0.1, 0.15) is 16.7 Å². The van der Waals surface area contributed by atoms with Gasteiger partial charge < -0.3 is 15.2 Å². The van der Waals surface area contributed by atoms with E-state index in [1.807, 2.05) is 49.4 Å². The first-order valence-electron chi connectivity index (χ1n) is 6.76. The van der Waals surface area contributed by atoms with Gasteiger partial charge in [0.05, 0.1) is 6.61 Å². The van der Waals surface area contributed by atoms with Crippen LogP contribution in [0.25, 0.3) is 0 Å². The van der Waals surface area contributed by atoms with Crippen LogP contribution in [0.5, 0.6) is 11.5 Å². The minimum absolute atomic E-state index is 0.404. The maximum Gasteiger partial charge on any atom is 0.127 e. The molecule has 2 aromatic rings. The molecule has 2 rings (SSSR count). The molecule has 2 aromatic carbocycles. The number of ether oxygens (including phenoxy) is 2. The summed E-state index contributed by atoms with van der Waals surface area (Å²) in [7, 11) is 1.70. The molecule has 2 N–H and O–H groups in total. The van der Waals surface area contributed by atoms with E-state index in [0.717, 1.165) is 35.7 Å². The number of methoxy groups -OCH3 is 1. The summed E-state index contributed by atoms with van der Waals surface area (Å²) in [6.07, 6.45) is 0.901. The topological polar surface area (TPSA) is 44.5 Å². The summed E-state index contributed by atoms with van der Waals surface area (Å²) in [4.78, 5) is 0.404. The zero-order valence-corrected chi connectivity index (χ0v) is 13.1. The van der Waals surface area contributed by atoms with Crippen molar-refractivity contribution in [1.82, 2.24) is 0 Å². The Morgan fingerprint density at radius 2 is 1.76 bits per heavy atom. The molecule has 0 saturated carbocycles. The van der Waals surface area contributed by atoms with Crippen molar-refractivity contribution in [2.45, 2.75) is 13.3 Å². The lowest BCUT2D eigenvalue weighted by atomic mass is 10.1. The molecule has 0 unspecified atom stereocenters. The molecule has 0 amide bonds. The number of thiocarbonyl (C=S) groups is 1. The van der Waals surface area contributed by atoms with Crippen molar-refractivity contribution in [3.63, 3.8) is 0 Å². The van der Waals surface area contributed by atoms with Crippen molar-refractivity contribution >= 4 is 17.2 Å². The first-order chi connectivity index (χ1) is 10.1. The highest BCUT2D eigenvalue weighted by atomic mass is 32.1. The van der Waals surface area contributed by atoms with Gasteiger partial charge in [-0.1, -0.05) is 24.4 Å². The summed E-state index contributed by atoms with van der Waals surface area (Å²) in [5, 5.41) is 0. The van der Waals surface area contributed by atoms with E-state index in [9.17, 15) is 0 Å². The van der Waals surface area contributed by atoms with E-state index in [0.29, 0.717) is 4.99 Å². The van der Waals surface area contributed by atoms with E-state index in [1.54, 1.807) is 7.11 Å². The Labute approximate surface area is 130 Å². The van der Waals surface area contributed by atoms with Crippen molar-refractivity contribution in [1.29, 1.82) is 0 Å². The highest BCUT2D eigenvalue weighted by Crippen LogP contribution is 2.24. The smallest absolute Gasteiger partial charge is 0.127 e. The van der Waals surface area contributed by atoms with Gasteiger partial charge in [-0.3, -0.25) is 0 Å². The maximum absolute atomic E-state index is 5.84. The summed E-state index contributed by atoms with van der Waals surface area (Å²) in [6.45, 7) is 2.69. The number of hydrogen-bond acceptors (Lipinski definition) is 3. The number of nitrogens with two attached hydrogens (primary N) is 1. The largest absolute Gasteiger partial charge is 0.457 e. The fourth-order valence-corrected chi connectivity index (χ4v) is 2.29. The predicted molar refractivity (Wildman–Crippen MR) is 89.2 cm³/mol. The van der Waals surface area contributed by atoms with Gasteiger partial charge in [0.1, 0.15) is 16.5 Å². The first-order valence-corrected chi connectivity index (χ1v) is 7.17. The van der Waals surface area contributed by atoms with E-state index >= 15 is 0 Å². The van der Waals surface area contributed by atoms with Gasteiger partial charge in [-0.15, -0.1) is 0 Å². The third-order valence-corrected chi connectivity index (χ3v) is 3.44. The highest BCUT2D eigenvalue weighted by molar-refractivity contribution is 7.80. The molecule has 3 nitrogen and oxygen atoms in total. The average Bonchev–Trinajstić information content (AvgIpc) is 2.46. The maximum atomic E-state index is 5.84. The van der Waals surface area contributed by atoms with Gasteiger partial charge in [0.15, 0.2) is 0 Å². The van der Waals surface area contributed by atoms with Gasteiger partial charge >= 0.3 is 0 Å². The molecule has 0 aliphatic rings. The Morgan fingerprint density at radius 1 is 1.10 bits per heavy atom. The van der Waals surface area contributed by atoms with Crippen LogP contribution >= 0.6 is 12.2 Å². The minimum atomic E-state index is 0.404. The zero-order chi connectivity index (χ0) is 15.2. The van der Waals surface area contributed by atoms with Crippen molar-refractivity contribution in [3.8, 4) is 11.5 Å². The summed E-state index contributed by atoms with van der Waals surface area (Å²) < 4.78 is 10.9. The molecular weight excluding hydrogens is 282 g/mol. The summed E-state index contributed by atoms with van der Waals surface area (Å²) >= 11 is 5.00. The van der Waals surface area contributed by atoms with Crippen LogP contribution in [0.4, 0.5) is 0 Å². The Bertz CT molecular complexity index is 623. The summed E-state index contributed by atoms with van der Waals surface area (Å²) in [5.74, 6) is 1.58. The molecule has 21 heavy (non-hydrogen) atoms. The molecule has 0 atom stereocenters. The second-order valence-corrected chi connectivity index (χ2v) is 5.27. The molecule has 0 fully saturated rings. The molecule has 0 aliphatic heterocycles. The molecule has 0 aliphatic carbocycles. The average molecular weight is 301 g/mol. The highest BCUT2D eigenvalue weighted by Gasteiger charge is 2.04. The molecule has 4 heteroatoms. The Morgan fingerprint density at radius 3 is 2.33 bits per heavy atom. The fourth-order valence-electron chi connectivity index (χ4n) is 2.06. The lowest BCUT2D eigenvalue weighted by Gasteiger charge is -2.10. The Hall–Kier alpha value is -1.91. The van der Waals surface area contributed by atoms with Crippen molar-refractivity contribution in [3.05, 3.63) is 59.2 Å². The quantitative estimate of drug-likeness (QED) is 0.828. The molecule has 0 radical (unpaired) electrons. The third-order valence-electron chi connectivity index (χ3n) is 3.22. The van der Waals surface area contributed by atoms with Gasteiger partial charge in [-0.05, 0) is 54.8 Å². The normalized spacial score (nSPS) is 10.4. The van der Waals surface area contributed by atoms with Gasteiger partial charge in [-0.2, -0.15) is 0 Å². The Kier molecular flexibility index (Phi) is 5.31. The first kappa shape index (κ1) is 15.5. The number of rotatable bonds is 6. The Balaban J connectivity index is 2.07. The lowest BCUT2D eigenvalue weighted by molar-refractivity contribution is 0.202. The van der Waals surface area contributed by atoms with Crippen molar-refractivity contribution < 1.29 is 9.47 Å². The van der Waals surface area contributed by atoms with Crippen LogP contribution in [-0.2, 0) is 11.2 Å². The molecule has 0 aromatic heterocycles. The van der Waals surface area contributed by atoms with Crippen LogP contribution in [0.15, 0.2) is 42.5 Å². The van der Waals surface area contributed by atoms with E-state index in [2.05, 4.69) is 0 Å². The molecule has 0 bridgehead atoms. The van der Waals surface area contributed by atoms with Crippen LogP contribution in [0, 0.1) is 6.92 Å². The van der Waals surface area contributed by atoms with Gasteiger partial charge in [-0.25, -0.2) is 0 Å². The third kappa shape index (κ3) is 4.28. The standard InChI is InChI=1S/C17H19NO2S/c1-12-11-15(7-8-16(12)17(18)21)20-14-5-3-13(4-6-14)9-10-19-2/h3-8,11H,9-10H2,1-2H3,(H2,18,21). The van der Waals surface area contributed by atoms with Crippen LogP contribution in [0.2, 0.25) is 0 Å². The molecule has 0 spiro atoms. The minimum Gasteiger partial charge on any atom is -0.457 e. The van der Waals surface area contributed by atoms with E-state index in [4.69, 9.17) is 27.4 Å². The van der Waals surface area contributed by atoms with Crippen LogP contribution < -0.4 is 10.5 Å². The van der Waals surface area contributed by atoms with Gasteiger partial charge in [0.25, 0.3) is 0 Å². The van der Waals surface area contributed by atoms with Crippen molar-refractivity contribution in [2.24, 2.45) is 5.73 Å². The monoisotopic (exact) mass is 301 g/mol. The second kappa shape index (κ2) is 7.20. The summed E-state index contributed by atoms with van der Waals surface area (Å²) in [5.41, 5.74) is 8.77. The number of benzene rings is 2. The van der Waals surface area contributed by atoms with Gasteiger partial charge in [0.2, 0.25) is 0 Å².